The third-order valence-corrected chi connectivity index (χ3v) is 7.47. The second-order valence-electron chi connectivity index (χ2n) is 9.05. The van der Waals surface area contributed by atoms with E-state index in [1.165, 1.54) is 0 Å². The zero-order valence-corrected chi connectivity index (χ0v) is 19.7. The van der Waals surface area contributed by atoms with E-state index in [4.69, 9.17) is 10.2 Å². The van der Waals surface area contributed by atoms with E-state index in [0.717, 1.165) is 52.8 Å². The van der Waals surface area contributed by atoms with Crippen LogP contribution in [0.5, 0.6) is 0 Å². The van der Waals surface area contributed by atoms with Gasteiger partial charge in [0, 0.05) is 36.6 Å². The van der Waals surface area contributed by atoms with Crippen LogP contribution < -0.4 is 4.90 Å². The third-order valence-electron chi connectivity index (χ3n) is 6.96. The molecule has 8 heteroatoms. The van der Waals surface area contributed by atoms with Gasteiger partial charge in [0.2, 0.25) is 0 Å². The highest BCUT2D eigenvalue weighted by Crippen LogP contribution is 2.37. The Morgan fingerprint density at radius 1 is 1.21 bits per heavy atom. The fourth-order valence-corrected chi connectivity index (χ4v) is 5.52. The molecule has 2 atom stereocenters. The van der Waals surface area contributed by atoms with Gasteiger partial charge >= 0.3 is 0 Å². The molecule has 2 aliphatic heterocycles. The van der Waals surface area contributed by atoms with Crippen LogP contribution in [0.15, 0.2) is 61.1 Å². The molecular weight excluding hydrogens is 444 g/mol. The lowest BCUT2D eigenvalue weighted by Gasteiger charge is -2.22. The molecule has 34 heavy (non-hydrogen) atoms. The molecule has 0 unspecified atom stereocenters. The monoisotopic (exact) mass is 468 g/mol. The molecule has 6 rings (SSSR count). The number of aliphatic hydroxyl groups is 1. The minimum atomic E-state index is -1.01. The van der Waals surface area contributed by atoms with Crippen LogP contribution in [-0.2, 0) is 6.54 Å². The summed E-state index contributed by atoms with van der Waals surface area (Å²) in [5.74, 6) is 1.82. The number of nitrogens with zero attached hydrogens (tertiary/aromatic N) is 6. The number of pyridine rings is 1. The summed E-state index contributed by atoms with van der Waals surface area (Å²) in [7, 11) is 0. The lowest BCUT2D eigenvalue weighted by molar-refractivity contribution is 0.112. The van der Waals surface area contributed by atoms with E-state index in [0.29, 0.717) is 18.7 Å². The molecule has 4 aromatic rings. The van der Waals surface area contributed by atoms with Crippen LogP contribution >= 0.6 is 12.6 Å². The van der Waals surface area contributed by atoms with Crippen LogP contribution in [0.25, 0.3) is 28.3 Å². The highest BCUT2D eigenvalue weighted by Gasteiger charge is 2.42. The molecule has 1 fully saturated rings. The average Bonchev–Trinajstić information content (AvgIpc) is 3.54. The SMILES string of the molecule is CC[C@H]1CN(c2ccc3c(n2)Cn2cc(-c4ccc(C#N)cc4)cc2-c2nccn2-3)C[C@@]1(O)S. The van der Waals surface area contributed by atoms with Gasteiger partial charge < -0.3 is 14.6 Å². The van der Waals surface area contributed by atoms with Crippen molar-refractivity contribution in [1.29, 1.82) is 5.26 Å². The van der Waals surface area contributed by atoms with Crippen LogP contribution in [0, 0.1) is 17.2 Å². The summed E-state index contributed by atoms with van der Waals surface area (Å²) in [6.07, 6.45) is 6.76. The van der Waals surface area contributed by atoms with Gasteiger partial charge in [-0.1, -0.05) is 19.1 Å². The van der Waals surface area contributed by atoms with Crippen LogP contribution in [0.4, 0.5) is 5.82 Å². The van der Waals surface area contributed by atoms with E-state index in [1.54, 1.807) is 0 Å². The number of anilines is 1. The highest BCUT2D eigenvalue weighted by molar-refractivity contribution is 7.81. The summed E-state index contributed by atoms with van der Waals surface area (Å²) >= 11 is 4.52. The topological polar surface area (TPSA) is 82.9 Å². The maximum atomic E-state index is 10.7. The summed E-state index contributed by atoms with van der Waals surface area (Å²) in [6, 6.07) is 16.0. The Morgan fingerprint density at radius 3 is 2.76 bits per heavy atom. The van der Waals surface area contributed by atoms with Gasteiger partial charge in [-0.2, -0.15) is 5.26 Å². The largest absolute Gasteiger partial charge is 0.378 e. The fraction of sp³-hybridized carbons (Fsp3) is 0.269. The maximum Gasteiger partial charge on any atom is 0.161 e. The van der Waals surface area contributed by atoms with E-state index in [9.17, 15) is 5.11 Å². The Balaban J connectivity index is 1.41. The first kappa shape index (κ1) is 21.0. The first-order chi connectivity index (χ1) is 16.5. The first-order valence-corrected chi connectivity index (χ1v) is 11.9. The van der Waals surface area contributed by atoms with Gasteiger partial charge in [-0.15, -0.1) is 12.6 Å². The van der Waals surface area contributed by atoms with Crippen LogP contribution in [0.1, 0.15) is 24.6 Å². The van der Waals surface area contributed by atoms with Gasteiger partial charge in [-0.25, -0.2) is 9.97 Å². The van der Waals surface area contributed by atoms with E-state index in [2.05, 4.69) is 63.0 Å². The standard InChI is InChI=1S/C26H24N6OS/c1-2-20-14-31(16-26(20,33)34)24-8-7-22-21(29-24)15-30-13-19(18-5-3-17(12-27)4-6-18)11-23(30)25-28-9-10-32(22)25/h3-11,13,20,33-34H,2,14-16H2,1H3/t20-,26+/m0/s1. The summed E-state index contributed by atoms with van der Waals surface area (Å²) in [5.41, 5.74) is 5.73. The molecule has 0 amide bonds. The van der Waals surface area contributed by atoms with E-state index < -0.39 is 4.93 Å². The summed E-state index contributed by atoms with van der Waals surface area (Å²) in [6.45, 7) is 3.87. The molecule has 0 bridgehead atoms. The van der Waals surface area contributed by atoms with Crippen molar-refractivity contribution < 1.29 is 5.11 Å². The quantitative estimate of drug-likeness (QED) is 0.308. The maximum absolute atomic E-state index is 10.7. The van der Waals surface area contributed by atoms with E-state index in [1.807, 2.05) is 42.7 Å². The van der Waals surface area contributed by atoms with Crippen molar-refractivity contribution >= 4 is 18.4 Å². The molecular formula is C26H24N6OS. The number of fused-ring (bicyclic) bond motifs is 5. The second-order valence-corrected chi connectivity index (χ2v) is 9.83. The number of benzene rings is 1. The predicted octanol–water partition coefficient (Wildman–Crippen LogP) is 4.10. The molecule has 7 nitrogen and oxygen atoms in total. The van der Waals surface area contributed by atoms with Crippen molar-refractivity contribution in [2.45, 2.75) is 24.8 Å². The van der Waals surface area contributed by atoms with Crippen LogP contribution in [-0.4, -0.2) is 42.2 Å². The molecule has 1 aromatic carbocycles. The van der Waals surface area contributed by atoms with Crippen molar-refractivity contribution in [2.24, 2.45) is 5.92 Å². The Hall–Kier alpha value is -3.54. The van der Waals surface area contributed by atoms with Gasteiger partial charge in [-0.3, -0.25) is 4.57 Å². The van der Waals surface area contributed by atoms with Crippen molar-refractivity contribution in [1.82, 2.24) is 19.1 Å². The van der Waals surface area contributed by atoms with Gasteiger partial charge in [-0.05, 0) is 42.3 Å². The molecule has 0 aliphatic carbocycles. The Kier molecular flexibility index (Phi) is 4.80. The molecule has 1 N–H and O–H groups in total. The van der Waals surface area contributed by atoms with E-state index >= 15 is 0 Å². The van der Waals surface area contributed by atoms with Gasteiger partial charge in [0.15, 0.2) is 5.82 Å². The minimum Gasteiger partial charge on any atom is -0.378 e. The van der Waals surface area contributed by atoms with Crippen molar-refractivity contribution in [3.8, 4) is 34.4 Å². The summed E-state index contributed by atoms with van der Waals surface area (Å²) < 4.78 is 4.27. The van der Waals surface area contributed by atoms with Crippen molar-refractivity contribution in [3.63, 3.8) is 0 Å². The van der Waals surface area contributed by atoms with Crippen molar-refractivity contribution in [3.05, 3.63) is 72.3 Å². The van der Waals surface area contributed by atoms with Gasteiger partial charge in [0.05, 0.1) is 41.8 Å². The molecule has 5 heterocycles. The number of nitriles is 1. The Bertz CT molecular complexity index is 1430. The lowest BCUT2D eigenvalue weighted by Crippen LogP contribution is -2.31. The van der Waals surface area contributed by atoms with Gasteiger partial charge in [0.25, 0.3) is 0 Å². The number of hydrogen-bond acceptors (Lipinski definition) is 6. The molecule has 170 valence electrons. The average molecular weight is 469 g/mol. The molecule has 2 aliphatic rings. The minimum absolute atomic E-state index is 0.0997. The zero-order valence-electron chi connectivity index (χ0n) is 18.8. The molecule has 1 saturated heterocycles. The van der Waals surface area contributed by atoms with Crippen molar-refractivity contribution in [2.75, 3.05) is 18.0 Å². The number of imidazole rings is 1. The Morgan fingerprint density at radius 2 is 2.03 bits per heavy atom. The smallest absolute Gasteiger partial charge is 0.161 e. The first-order valence-electron chi connectivity index (χ1n) is 11.4. The molecule has 0 radical (unpaired) electrons. The molecule has 3 aromatic heterocycles. The summed E-state index contributed by atoms with van der Waals surface area (Å²) in [4.78, 5) is 10.8. The molecule has 0 saturated carbocycles. The number of hydrogen-bond donors (Lipinski definition) is 2. The normalized spacial score (nSPS) is 20.9. The number of aromatic nitrogens is 4. The fourth-order valence-electron chi connectivity index (χ4n) is 5.08. The lowest BCUT2D eigenvalue weighted by atomic mass is 10.0. The van der Waals surface area contributed by atoms with Gasteiger partial charge in [0.1, 0.15) is 10.8 Å². The number of β-amino-alcohol motifs (C(OH)–C–C–N with tert-alkyl or cyclic N) is 1. The Labute approximate surface area is 203 Å². The molecule has 0 spiro atoms. The van der Waals surface area contributed by atoms with Crippen LogP contribution in [0.2, 0.25) is 0 Å². The van der Waals surface area contributed by atoms with Crippen LogP contribution in [0.3, 0.4) is 0 Å². The summed E-state index contributed by atoms with van der Waals surface area (Å²) in [5, 5.41) is 19.8. The number of rotatable bonds is 3. The third kappa shape index (κ3) is 3.31. The second kappa shape index (κ2) is 7.76. The van der Waals surface area contributed by atoms with E-state index in [-0.39, 0.29) is 5.92 Å². The predicted molar refractivity (Wildman–Crippen MR) is 134 cm³/mol. The number of thiol groups is 1. The highest BCUT2D eigenvalue weighted by atomic mass is 32.1. The zero-order chi connectivity index (χ0) is 23.4.